The smallest absolute Gasteiger partial charge is 0.291 e. The number of nitrogens with zero attached hydrogens (tertiary/aromatic N) is 1. The van der Waals surface area contributed by atoms with E-state index in [9.17, 15) is 19.2 Å². The van der Waals surface area contributed by atoms with Gasteiger partial charge in [0.25, 0.3) is 11.8 Å². The van der Waals surface area contributed by atoms with Gasteiger partial charge in [0.1, 0.15) is 5.70 Å². The second-order valence-corrected chi connectivity index (χ2v) is 4.63. The van der Waals surface area contributed by atoms with Gasteiger partial charge in [-0.1, -0.05) is 13.8 Å². The van der Waals surface area contributed by atoms with E-state index in [-0.39, 0.29) is 24.2 Å². The van der Waals surface area contributed by atoms with Gasteiger partial charge in [-0.25, -0.2) is 10.5 Å². The van der Waals surface area contributed by atoms with E-state index < -0.39 is 23.4 Å². The molecular formula is C14H16N4O5. The highest BCUT2D eigenvalue weighted by Gasteiger charge is 2.28. The number of ketones is 2. The zero-order valence-corrected chi connectivity index (χ0v) is 12.6. The third-order valence-corrected chi connectivity index (χ3v) is 3.12. The quantitative estimate of drug-likeness (QED) is 0.565. The number of carbonyl (C=O) groups excluding carboxylic acids is 4. The topological polar surface area (TPSA) is 117 Å². The van der Waals surface area contributed by atoms with Gasteiger partial charge in [0.15, 0.2) is 0 Å². The summed E-state index contributed by atoms with van der Waals surface area (Å²) in [6, 6.07) is 0. The molecule has 0 saturated carbocycles. The average molecular weight is 320 g/mol. The largest absolute Gasteiger partial charge is 0.317 e. The third kappa shape index (κ3) is 3.46. The van der Waals surface area contributed by atoms with Crippen molar-refractivity contribution in [3.8, 4) is 0 Å². The van der Waals surface area contributed by atoms with E-state index in [1.165, 1.54) is 23.5 Å². The summed E-state index contributed by atoms with van der Waals surface area (Å²) in [5.41, 5.74) is 3.20. The number of hydrogen-bond acceptors (Lipinski definition) is 7. The third-order valence-electron chi connectivity index (χ3n) is 3.12. The van der Waals surface area contributed by atoms with Crippen molar-refractivity contribution in [2.45, 2.75) is 26.7 Å². The van der Waals surface area contributed by atoms with Crippen LogP contribution in [0.15, 0.2) is 35.6 Å². The summed E-state index contributed by atoms with van der Waals surface area (Å²) >= 11 is 0. The van der Waals surface area contributed by atoms with Gasteiger partial charge in [0, 0.05) is 19.0 Å². The molecule has 0 saturated heterocycles. The van der Waals surface area contributed by atoms with Crippen molar-refractivity contribution >= 4 is 23.4 Å². The molecule has 0 atom stereocenters. The Morgan fingerprint density at radius 3 is 2.30 bits per heavy atom. The zero-order valence-electron chi connectivity index (χ0n) is 12.6. The van der Waals surface area contributed by atoms with Crippen molar-refractivity contribution < 1.29 is 24.1 Å². The first kappa shape index (κ1) is 16.4. The molecule has 0 spiro atoms. The number of amides is 2. The number of hydroxylamine groups is 3. The van der Waals surface area contributed by atoms with Crippen LogP contribution in [0.25, 0.3) is 0 Å². The van der Waals surface area contributed by atoms with E-state index in [4.69, 9.17) is 4.94 Å². The maximum absolute atomic E-state index is 11.8. The standard InChI is InChI=1S/C14H16N4O5/c1-3-10(19)13(21)16-8-5-6-18-9(7-15-23-18)12(8)17-14(22)11(20)4-2/h5-7,15H,3-4H2,1-2H3,(H,16,21)(H,17,22). The molecule has 2 aliphatic rings. The minimum atomic E-state index is -0.820. The van der Waals surface area contributed by atoms with Gasteiger partial charge >= 0.3 is 0 Å². The molecule has 9 nitrogen and oxygen atoms in total. The Bertz CT molecular complexity index is 662. The lowest BCUT2D eigenvalue weighted by Gasteiger charge is -2.23. The molecule has 0 aliphatic carbocycles. The fourth-order valence-electron chi connectivity index (χ4n) is 1.84. The van der Waals surface area contributed by atoms with Gasteiger partial charge in [0.05, 0.1) is 17.6 Å². The van der Waals surface area contributed by atoms with Crippen LogP contribution in [-0.2, 0) is 24.1 Å². The van der Waals surface area contributed by atoms with Gasteiger partial charge in [-0.2, -0.15) is 4.94 Å². The lowest BCUT2D eigenvalue weighted by molar-refractivity contribution is -0.137. The average Bonchev–Trinajstić information content (AvgIpc) is 3.03. The summed E-state index contributed by atoms with van der Waals surface area (Å²) in [6.07, 6.45) is 4.45. The summed E-state index contributed by atoms with van der Waals surface area (Å²) in [7, 11) is 0. The Hall–Kier alpha value is -2.94. The zero-order chi connectivity index (χ0) is 17.0. The molecular weight excluding hydrogens is 304 g/mol. The van der Waals surface area contributed by atoms with E-state index in [1.54, 1.807) is 13.8 Å². The fourth-order valence-corrected chi connectivity index (χ4v) is 1.84. The fraction of sp³-hybridized carbons (Fsp3) is 0.286. The van der Waals surface area contributed by atoms with Gasteiger partial charge in [-0.05, 0) is 6.08 Å². The van der Waals surface area contributed by atoms with Crippen LogP contribution in [0.5, 0.6) is 0 Å². The number of nitrogens with one attached hydrogen (secondary N) is 3. The van der Waals surface area contributed by atoms with E-state index in [0.29, 0.717) is 5.70 Å². The summed E-state index contributed by atoms with van der Waals surface area (Å²) in [6.45, 7) is 3.13. The summed E-state index contributed by atoms with van der Waals surface area (Å²) < 4.78 is 0. The van der Waals surface area contributed by atoms with Gasteiger partial charge in [-0.15, -0.1) is 0 Å². The number of Topliss-reactive ketones (excluding diaryl/α,β-unsaturated/α-hetero) is 2. The lowest BCUT2D eigenvalue weighted by atomic mass is 10.1. The molecule has 0 radical (unpaired) electrons. The molecule has 23 heavy (non-hydrogen) atoms. The molecule has 0 fully saturated rings. The Labute approximate surface area is 131 Å². The van der Waals surface area contributed by atoms with Gasteiger partial charge in [0.2, 0.25) is 11.6 Å². The first-order valence-electron chi connectivity index (χ1n) is 7.01. The Kier molecular flexibility index (Phi) is 4.91. The van der Waals surface area contributed by atoms with Crippen molar-refractivity contribution in [1.29, 1.82) is 0 Å². The number of rotatable bonds is 6. The molecule has 3 N–H and O–H groups in total. The van der Waals surface area contributed by atoms with Crippen LogP contribution in [0.1, 0.15) is 26.7 Å². The van der Waals surface area contributed by atoms with E-state index >= 15 is 0 Å². The highest BCUT2D eigenvalue weighted by atomic mass is 16.8. The van der Waals surface area contributed by atoms with Gasteiger partial charge in [-0.3, -0.25) is 19.2 Å². The van der Waals surface area contributed by atoms with Crippen LogP contribution in [0.2, 0.25) is 0 Å². The van der Waals surface area contributed by atoms with Crippen molar-refractivity contribution in [1.82, 2.24) is 21.2 Å². The first-order chi connectivity index (χ1) is 11.0. The molecule has 2 aliphatic heterocycles. The maximum Gasteiger partial charge on any atom is 0.291 e. The highest BCUT2D eigenvalue weighted by Crippen LogP contribution is 2.24. The monoisotopic (exact) mass is 320 g/mol. The second kappa shape index (κ2) is 6.88. The van der Waals surface area contributed by atoms with Crippen molar-refractivity contribution in [2.75, 3.05) is 0 Å². The highest BCUT2D eigenvalue weighted by molar-refractivity contribution is 6.37. The predicted molar refractivity (Wildman–Crippen MR) is 77.2 cm³/mol. The van der Waals surface area contributed by atoms with E-state index in [1.807, 2.05) is 0 Å². The lowest BCUT2D eigenvalue weighted by Crippen LogP contribution is -2.39. The number of fused-ring (bicyclic) bond motifs is 1. The molecule has 9 heteroatoms. The molecule has 0 unspecified atom stereocenters. The molecule has 0 aromatic rings. The van der Waals surface area contributed by atoms with E-state index in [0.717, 1.165) is 0 Å². The minimum absolute atomic E-state index is 0.0441. The van der Waals surface area contributed by atoms with Crippen LogP contribution in [0.4, 0.5) is 0 Å². The van der Waals surface area contributed by atoms with Gasteiger partial charge < -0.3 is 10.6 Å². The van der Waals surface area contributed by atoms with Crippen LogP contribution in [-0.4, -0.2) is 28.4 Å². The Morgan fingerprint density at radius 1 is 1.09 bits per heavy atom. The van der Waals surface area contributed by atoms with Crippen molar-refractivity contribution in [3.63, 3.8) is 0 Å². The van der Waals surface area contributed by atoms with E-state index in [2.05, 4.69) is 16.1 Å². The Morgan fingerprint density at radius 2 is 1.70 bits per heavy atom. The molecule has 0 aromatic heterocycles. The summed E-state index contributed by atoms with van der Waals surface area (Å²) in [4.78, 5) is 51.6. The minimum Gasteiger partial charge on any atom is -0.317 e. The maximum atomic E-state index is 11.8. The molecule has 2 amide bonds. The predicted octanol–water partition coefficient (Wildman–Crippen LogP) is -0.491. The Balaban J connectivity index is 2.31. The van der Waals surface area contributed by atoms with Crippen LogP contribution in [0.3, 0.4) is 0 Å². The molecule has 122 valence electrons. The SMILES string of the molecule is CCC(=O)C(=O)NC1=C(NC(=O)C(=O)CC)C2=CNON2C=C1. The molecule has 0 aromatic carbocycles. The van der Waals surface area contributed by atoms with Crippen molar-refractivity contribution in [3.05, 3.63) is 35.6 Å². The summed E-state index contributed by atoms with van der Waals surface area (Å²) in [5, 5.41) is 6.15. The second-order valence-electron chi connectivity index (χ2n) is 4.63. The van der Waals surface area contributed by atoms with Crippen LogP contribution in [0, 0.1) is 0 Å². The summed E-state index contributed by atoms with van der Waals surface area (Å²) in [5.74, 6) is -2.83. The molecule has 0 bridgehead atoms. The van der Waals surface area contributed by atoms with Crippen LogP contribution >= 0.6 is 0 Å². The molecule has 2 heterocycles. The number of hydrogen-bond donors (Lipinski definition) is 3. The first-order valence-corrected chi connectivity index (χ1v) is 7.01. The normalized spacial score (nSPS) is 15.6. The number of carbonyl (C=O) groups is 4. The van der Waals surface area contributed by atoms with Crippen molar-refractivity contribution in [2.24, 2.45) is 0 Å². The molecule has 2 rings (SSSR count). The van der Waals surface area contributed by atoms with Crippen LogP contribution < -0.4 is 16.1 Å². The number of allylic oxidation sites excluding steroid dienone is 1.